The Bertz CT molecular complexity index is 1350. The maximum absolute atomic E-state index is 13.2. The van der Waals surface area contributed by atoms with E-state index in [-0.39, 0.29) is 23.9 Å². The van der Waals surface area contributed by atoms with Crippen LogP contribution in [0.15, 0.2) is 41.8 Å². The minimum atomic E-state index is -3.71. The van der Waals surface area contributed by atoms with Crippen molar-refractivity contribution in [2.45, 2.75) is 37.3 Å². The fourth-order valence-electron chi connectivity index (χ4n) is 3.28. The van der Waals surface area contributed by atoms with Crippen molar-refractivity contribution in [3.8, 4) is 17.0 Å². The van der Waals surface area contributed by atoms with Crippen molar-refractivity contribution in [2.75, 3.05) is 13.2 Å². The Morgan fingerprint density at radius 3 is 2.67 bits per heavy atom. The molecule has 0 unspecified atom stereocenters. The molecule has 0 bridgehead atoms. The van der Waals surface area contributed by atoms with Gasteiger partial charge in [-0.1, -0.05) is 0 Å². The van der Waals surface area contributed by atoms with E-state index in [0.717, 1.165) is 27.9 Å². The molecule has 0 aliphatic carbocycles. The molecule has 0 amide bonds. The number of aromatic nitrogens is 4. The second kappa shape index (κ2) is 7.10. The molecule has 0 saturated carbocycles. The maximum atomic E-state index is 13.2. The van der Waals surface area contributed by atoms with Crippen LogP contribution >= 0.6 is 0 Å². The Labute approximate surface area is 174 Å². The highest BCUT2D eigenvalue weighted by Crippen LogP contribution is 2.35. The number of fused-ring (bicyclic) bond motifs is 2. The summed E-state index contributed by atoms with van der Waals surface area (Å²) in [6.07, 6.45) is 6.85. The van der Waals surface area contributed by atoms with Gasteiger partial charge in [-0.05, 0) is 39.3 Å². The smallest absolute Gasteiger partial charge is 0.188 e. The number of imidazole rings is 1. The molecule has 4 rings (SSSR count). The summed E-state index contributed by atoms with van der Waals surface area (Å²) in [5.74, 6) is 0.179. The highest BCUT2D eigenvalue weighted by Gasteiger charge is 2.34. The van der Waals surface area contributed by atoms with E-state index in [1.165, 1.54) is 0 Å². The monoisotopic (exact) mass is 428 g/mol. The number of aliphatic hydroxyl groups excluding tert-OH is 1. The number of hydrogen-bond donors (Lipinski definition) is 2. The quantitative estimate of drug-likeness (QED) is 0.505. The van der Waals surface area contributed by atoms with Gasteiger partial charge in [0.15, 0.2) is 9.84 Å². The van der Waals surface area contributed by atoms with E-state index in [0.29, 0.717) is 5.65 Å². The first-order valence-corrected chi connectivity index (χ1v) is 11.1. The van der Waals surface area contributed by atoms with Gasteiger partial charge in [0.1, 0.15) is 28.5 Å². The number of aliphatic hydroxyl groups is 1. The first-order valence-electron chi connectivity index (χ1n) is 9.57. The number of pyridine rings is 2. The molecule has 0 aliphatic heterocycles. The minimum absolute atomic E-state index is 0.0102. The average Bonchev–Trinajstić information content (AvgIpc) is 3.27. The molecule has 8 nitrogen and oxygen atoms in total. The zero-order valence-electron chi connectivity index (χ0n) is 17.3. The van der Waals surface area contributed by atoms with Crippen LogP contribution in [0.5, 0.6) is 5.75 Å². The molecule has 0 radical (unpaired) electrons. The zero-order chi connectivity index (χ0) is 21.7. The standard InChI is InChI=1S/C21H24N4O4S/c1-13-9-23-20-15(13)7-14(10-24-20)16-11-22-19-8-17(29-6-5-26)18(12-25(16)19)30(27,28)21(2,3)4/h7-12,26H,5-6H2,1-4H3,(H,23,24). The predicted molar refractivity (Wildman–Crippen MR) is 115 cm³/mol. The molecule has 0 spiro atoms. The number of aryl methyl sites for hydroxylation is 1. The number of aromatic amines is 1. The Balaban J connectivity index is 1.95. The van der Waals surface area contributed by atoms with Crippen LogP contribution in [0.3, 0.4) is 0 Å². The number of sulfone groups is 1. The lowest BCUT2D eigenvalue weighted by Crippen LogP contribution is -2.28. The lowest BCUT2D eigenvalue weighted by Gasteiger charge is -2.21. The van der Waals surface area contributed by atoms with Crippen molar-refractivity contribution < 1.29 is 18.3 Å². The van der Waals surface area contributed by atoms with E-state index < -0.39 is 14.6 Å². The fraction of sp³-hybridized carbons (Fsp3) is 0.333. The molecule has 0 aromatic carbocycles. The van der Waals surface area contributed by atoms with E-state index in [4.69, 9.17) is 9.84 Å². The van der Waals surface area contributed by atoms with Crippen molar-refractivity contribution >= 4 is 26.5 Å². The highest BCUT2D eigenvalue weighted by atomic mass is 32.2. The van der Waals surface area contributed by atoms with Gasteiger partial charge >= 0.3 is 0 Å². The zero-order valence-corrected chi connectivity index (χ0v) is 18.1. The summed E-state index contributed by atoms with van der Waals surface area (Å²) in [4.78, 5) is 12.1. The van der Waals surface area contributed by atoms with Crippen molar-refractivity contribution in [2.24, 2.45) is 0 Å². The third kappa shape index (κ3) is 3.23. The summed E-state index contributed by atoms with van der Waals surface area (Å²) < 4.78 is 32.7. The number of nitrogens with zero attached hydrogens (tertiary/aromatic N) is 3. The van der Waals surface area contributed by atoms with E-state index in [9.17, 15) is 8.42 Å². The Morgan fingerprint density at radius 2 is 1.97 bits per heavy atom. The minimum Gasteiger partial charge on any atom is -0.490 e. The third-order valence-corrected chi connectivity index (χ3v) is 7.55. The van der Waals surface area contributed by atoms with Crippen molar-refractivity contribution in [3.05, 3.63) is 42.5 Å². The highest BCUT2D eigenvalue weighted by molar-refractivity contribution is 7.92. The first-order chi connectivity index (χ1) is 14.1. The summed E-state index contributed by atoms with van der Waals surface area (Å²) in [6, 6.07) is 3.59. The Hall–Kier alpha value is -2.91. The second-order valence-electron chi connectivity index (χ2n) is 8.15. The van der Waals surface area contributed by atoms with Crippen molar-refractivity contribution in [1.29, 1.82) is 0 Å². The van der Waals surface area contributed by atoms with E-state index in [1.807, 2.05) is 19.2 Å². The fourth-order valence-corrected chi connectivity index (χ4v) is 4.56. The van der Waals surface area contributed by atoms with Crippen LogP contribution in [0.4, 0.5) is 0 Å². The molecule has 0 aliphatic rings. The van der Waals surface area contributed by atoms with Crippen LogP contribution in [0.25, 0.3) is 27.9 Å². The van der Waals surface area contributed by atoms with Crippen LogP contribution in [0.1, 0.15) is 26.3 Å². The normalized spacial score (nSPS) is 12.7. The van der Waals surface area contributed by atoms with Crippen LogP contribution < -0.4 is 4.74 Å². The number of ether oxygens (including phenoxy) is 1. The molecule has 4 aromatic heterocycles. The van der Waals surface area contributed by atoms with Crippen molar-refractivity contribution in [3.63, 3.8) is 0 Å². The van der Waals surface area contributed by atoms with Gasteiger partial charge in [-0.3, -0.25) is 4.40 Å². The number of nitrogens with one attached hydrogen (secondary N) is 1. The van der Waals surface area contributed by atoms with Gasteiger partial charge in [0.25, 0.3) is 0 Å². The molecule has 0 atom stereocenters. The molecule has 158 valence electrons. The number of H-pyrrole nitrogens is 1. The van der Waals surface area contributed by atoms with Crippen LogP contribution in [-0.2, 0) is 9.84 Å². The molecule has 9 heteroatoms. The Kier molecular flexibility index (Phi) is 4.82. The molecule has 2 N–H and O–H groups in total. The van der Waals surface area contributed by atoms with Crippen molar-refractivity contribution in [1.82, 2.24) is 19.4 Å². The third-order valence-electron chi connectivity index (χ3n) is 5.05. The molecule has 0 saturated heterocycles. The van der Waals surface area contributed by atoms with Crippen LogP contribution in [0, 0.1) is 6.92 Å². The summed E-state index contributed by atoms with van der Waals surface area (Å²) in [5.41, 5.74) is 3.95. The van der Waals surface area contributed by atoms with E-state index in [1.54, 1.807) is 49.8 Å². The number of rotatable bonds is 5. The maximum Gasteiger partial charge on any atom is 0.188 e. The molecule has 4 heterocycles. The van der Waals surface area contributed by atoms with Gasteiger partial charge in [0.2, 0.25) is 0 Å². The molecular formula is C21H24N4O4S. The molecule has 30 heavy (non-hydrogen) atoms. The van der Waals surface area contributed by atoms with E-state index >= 15 is 0 Å². The molecular weight excluding hydrogens is 404 g/mol. The summed E-state index contributed by atoms with van der Waals surface area (Å²) >= 11 is 0. The topological polar surface area (TPSA) is 110 Å². The van der Waals surface area contributed by atoms with Gasteiger partial charge in [-0.25, -0.2) is 18.4 Å². The summed E-state index contributed by atoms with van der Waals surface area (Å²) in [7, 11) is -3.71. The number of hydrogen-bond acceptors (Lipinski definition) is 6. The van der Waals surface area contributed by atoms with Crippen LogP contribution in [-0.4, -0.2) is 50.8 Å². The largest absolute Gasteiger partial charge is 0.490 e. The van der Waals surface area contributed by atoms with Gasteiger partial charge < -0.3 is 14.8 Å². The summed E-state index contributed by atoms with van der Waals surface area (Å²) in [5, 5.41) is 10.1. The lowest BCUT2D eigenvalue weighted by molar-refractivity contribution is 0.198. The molecule has 4 aromatic rings. The second-order valence-corrected chi connectivity index (χ2v) is 10.8. The lowest BCUT2D eigenvalue weighted by atomic mass is 10.1. The first kappa shape index (κ1) is 20.4. The van der Waals surface area contributed by atoms with Crippen LogP contribution in [0.2, 0.25) is 0 Å². The van der Waals surface area contributed by atoms with E-state index in [2.05, 4.69) is 15.0 Å². The van der Waals surface area contributed by atoms with Gasteiger partial charge in [0.05, 0.1) is 23.2 Å². The summed E-state index contributed by atoms with van der Waals surface area (Å²) in [6.45, 7) is 6.69. The SMILES string of the molecule is Cc1c[nH]c2ncc(-c3cnc4cc(OCCO)c(S(=O)(=O)C(C)(C)C)cn34)cc12. The molecule has 0 fully saturated rings. The predicted octanol–water partition coefficient (Wildman–Crippen LogP) is 3.13. The van der Waals surface area contributed by atoms with Gasteiger partial charge in [0, 0.05) is 35.6 Å². The Morgan fingerprint density at radius 1 is 1.20 bits per heavy atom. The van der Waals surface area contributed by atoms with Gasteiger partial charge in [-0.15, -0.1) is 0 Å². The van der Waals surface area contributed by atoms with Gasteiger partial charge in [-0.2, -0.15) is 0 Å². The average molecular weight is 429 g/mol.